The molecule has 3 N–H and O–H groups in total. The van der Waals surface area contributed by atoms with Gasteiger partial charge in [0.05, 0.1) is 0 Å². The van der Waals surface area contributed by atoms with E-state index in [1.54, 1.807) is 7.05 Å². The van der Waals surface area contributed by atoms with Crippen LogP contribution in [-0.2, 0) is 10.0 Å². The second-order valence-electron chi connectivity index (χ2n) is 4.75. The number of carbonyl (C=O) groups is 1. The molecule has 2 rings (SSSR count). The molecule has 1 aromatic carbocycles. The number of sulfonamides is 1. The topological polar surface area (TPSA) is 92.5 Å². The van der Waals surface area contributed by atoms with Crippen LogP contribution in [-0.4, -0.2) is 45.4 Å². The quantitative estimate of drug-likeness (QED) is 0.816. The first-order valence-corrected chi connectivity index (χ1v) is 7.65. The Morgan fingerprint density at radius 2 is 2.20 bits per heavy atom. The van der Waals surface area contributed by atoms with Crippen molar-refractivity contribution in [1.82, 2.24) is 10.2 Å². The molecule has 20 heavy (non-hydrogen) atoms. The first-order chi connectivity index (χ1) is 9.30. The lowest BCUT2D eigenvalue weighted by atomic mass is 10.1. The van der Waals surface area contributed by atoms with Gasteiger partial charge in [-0.3, -0.25) is 4.79 Å². The first-order valence-electron chi connectivity index (χ1n) is 6.11. The number of hydrogen-bond acceptors (Lipinski definition) is 4. The highest BCUT2D eigenvalue weighted by Gasteiger charge is 2.25. The van der Waals surface area contributed by atoms with Gasteiger partial charge in [-0.2, -0.15) is 0 Å². The molecular weight excluding hydrogens is 285 g/mol. The number of hydrogen-bond donors (Lipinski definition) is 2. The molecule has 1 aliphatic heterocycles. The Morgan fingerprint density at radius 3 is 2.70 bits per heavy atom. The van der Waals surface area contributed by atoms with Crippen LogP contribution >= 0.6 is 0 Å². The van der Waals surface area contributed by atoms with Crippen LogP contribution in [0.3, 0.4) is 0 Å². The van der Waals surface area contributed by atoms with Crippen LogP contribution in [0.2, 0.25) is 0 Å². The summed E-state index contributed by atoms with van der Waals surface area (Å²) in [6.45, 7) is 1.53. The lowest BCUT2D eigenvalue weighted by Gasteiger charge is -2.23. The number of primary sulfonamides is 1. The van der Waals surface area contributed by atoms with Gasteiger partial charge >= 0.3 is 0 Å². The summed E-state index contributed by atoms with van der Waals surface area (Å²) in [5.74, 6) is -1.37. The smallest absolute Gasteiger partial charge is 0.253 e. The van der Waals surface area contributed by atoms with E-state index in [1.165, 1.54) is 11.0 Å². The number of nitrogens with two attached hydrogens (primary N) is 1. The fourth-order valence-electron chi connectivity index (χ4n) is 2.20. The minimum atomic E-state index is -4.12. The molecule has 0 spiro atoms. The normalized spacial score (nSPS) is 19.1. The van der Waals surface area contributed by atoms with E-state index in [4.69, 9.17) is 5.14 Å². The predicted molar refractivity (Wildman–Crippen MR) is 71.1 cm³/mol. The molecule has 1 amide bonds. The van der Waals surface area contributed by atoms with Crippen LogP contribution < -0.4 is 10.5 Å². The fourth-order valence-corrected chi connectivity index (χ4v) is 2.79. The lowest BCUT2D eigenvalue weighted by Crippen LogP contribution is -2.38. The van der Waals surface area contributed by atoms with Crippen molar-refractivity contribution in [3.63, 3.8) is 0 Å². The van der Waals surface area contributed by atoms with Crippen LogP contribution in [0.15, 0.2) is 23.1 Å². The van der Waals surface area contributed by atoms with Crippen LogP contribution in [0.5, 0.6) is 0 Å². The van der Waals surface area contributed by atoms with Gasteiger partial charge in [0.15, 0.2) is 0 Å². The number of likely N-dealkylation sites (N-methyl/N-ethyl adjacent to an activating group) is 1. The third-order valence-corrected chi connectivity index (χ3v) is 4.33. The average Bonchev–Trinajstić information content (AvgIpc) is 2.89. The van der Waals surface area contributed by atoms with Gasteiger partial charge in [-0.25, -0.2) is 17.9 Å². The zero-order chi connectivity index (χ0) is 14.9. The molecule has 0 radical (unpaired) electrons. The molecule has 1 aliphatic rings. The van der Waals surface area contributed by atoms with E-state index < -0.39 is 20.7 Å². The Hall–Kier alpha value is -1.51. The van der Waals surface area contributed by atoms with E-state index in [9.17, 15) is 17.6 Å². The zero-order valence-corrected chi connectivity index (χ0v) is 11.8. The highest BCUT2D eigenvalue weighted by molar-refractivity contribution is 7.89. The Labute approximate surface area is 116 Å². The summed E-state index contributed by atoms with van der Waals surface area (Å²) in [5.41, 5.74) is 0.101. The maximum Gasteiger partial charge on any atom is 0.253 e. The second-order valence-corrected chi connectivity index (χ2v) is 6.28. The Bertz CT molecular complexity index is 627. The summed E-state index contributed by atoms with van der Waals surface area (Å²) in [7, 11) is -2.48. The zero-order valence-electron chi connectivity index (χ0n) is 11.0. The van der Waals surface area contributed by atoms with E-state index in [0.717, 1.165) is 25.1 Å². The van der Waals surface area contributed by atoms with E-state index >= 15 is 0 Å². The third kappa shape index (κ3) is 2.97. The van der Waals surface area contributed by atoms with Gasteiger partial charge in [0.25, 0.3) is 5.91 Å². The molecule has 0 aromatic heterocycles. The number of carbonyl (C=O) groups excluding carboxylic acids is 1. The molecule has 1 atom stereocenters. The minimum Gasteiger partial charge on any atom is -0.337 e. The highest BCUT2D eigenvalue weighted by Crippen LogP contribution is 2.17. The van der Waals surface area contributed by atoms with Crippen molar-refractivity contribution >= 4 is 15.9 Å². The third-order valence-electron chi connectivity index (χ3n) is 3.39. The highest BCUT2D eigenvalue weighted by atomic mass is 32.2. The lowest BCUT2D eigenvalue weighted by molar-refractivity contribution is 0.0743. The summed E-state index contributed by atoms with van der Waals surface area (Å²) >= 11 is 0. The summed E-state index contributed by atoms with van der Waals surface area (Å²) in [6.07, 6.45) is 0.833. The molecule has 0 aliphatic carbocycles. The molecule has 0 unspecified atom stereocenters. The predicted octanol–water partition coefficient (Wildman–Crippen LogP) is -0.0930. The number of benzene rings is 1. The van der Waals surface area contributed by atoms with Gasteiger partial charge in [-0.1, -0.05) is 0 Å². The first kappa shape index (κ1) is 14.9. The molecule has 1 aromatic rings. The largest absolute Gasteiger partial charge is 0.337 e. The molecular formula is C12H16FN3O3S. The van der Waals surface area contributed by atoms with E-state index in [0.29, 0.717) is 6.54 Å². The molecule has 1 fully saturated rings. The Balaban J connectivity index is 2.25. The summed E-state index contributed by atoms with van der Waals surface area (Å²) in [4.78, 5) is 13.1. The number of nitrogens with one attached hydrogen (secondary N) is 1. The monoisotopic (exact) mass is 301 g/mol. The molecule has 8 heteroatoms. The van der Waals surface area contributed by atoms with Crippen LogP contribution in [0, 0.1) is 5.82 Å². The van der Waals surface area contributed by atoms with Gasteiger partial charge in [-0.05, 0) is 31.2 Å². The Morgan fingerprint density at radius 1 is 1.50 bits per heavy atom. The number of amides is 1. The van der Waals surface area contributed by atoms with Crippen molar-refractivity contribution in [3.8, 4) is 0 Å². The molecule has 110 valence electrons. The molecule has 0 bridgehead atoms. The van der Waals surface area contributed by atoms with Crippen LogP contribution in [0.4, 0.5) is 4.39 Å². The van der Waals surface area contributed by atoms with E-state index in [1.807, 2.05) is 0 Å². The van der Waals surface area contributed by atoms with E-state index in [-0.39, 0.29) is 17.5 Å². The number of nitrogens with zero attached hydrogens (tertiary/aromatic N) is 1. The van der Waals surface area contributed by atoms with Crippen molar-refractivity contribution in [2.45, 2.75) is 17.4 Å². The van der Waals surface area contributed by atoms with Gasteiger partial charge < -0.3 is 10.2 Å². The van der Waals surface area contributed by atoms with Crippen molar-refractivity contribution in [2.24, 2.45) is 5.14 Å². The van der Waals surface area contributed by atoms with Crippen LogP contribution in [0.1, 0.15) is 16.8 Å². The number of halogens is 1. The summed E-state index contributed by atoms with van der Waals surface area (Å²) in [6, 6.07) is 3.24. The van der Waals surface area contributed by atoms with Gasteiger partial charge in [0.2, 0.25) is 10.0 Å². The summed E-state index contributed by atoms with van der Waals surface area (Å²) in [5, 5.41) is 8.01. The SMILES string of the molecule is CN(C(=O)c1ccc(S(N)(=O)=O)c(F)c1)[C@@H]1CCNC1. The fraction of sp³-hybridized carbons (Fsp3) is 0.417. The number of rotatable bonds is 3. The Kier molecular flexibility index (Phi) is 4.07. The average molecular weight is 301 g/mol. The molecule has 6 nitrogen and oxygen atoms in total. The van der Waals surface area contributed by atoms with Gasteiger partial charge in [0, 0.05) is 25.2 Å². The van der Waals surface area contributed by atoms with Gasteiger partial charge in [-0.15, -0.1) is 0 Å². The van der Waals surface area contributed by atoms with Crippen molar-refractivity contribution < 1.29 is 17.6 Å². The second kappa shape index (κ2) is 5.47. The van der Waals surface area contributed by atoms with Gasteiger partial charge in [0.1, 0.15) is 10.7 Å². The van der Waals surface area contributed by atoms with Crippen molar-refractivity contribution in [1.29, 1.82) is 0 Å². The maximum atomic E-state index is 13.7. The molecule has 1 saturated heterocycles. The van der Waals surface area contributed by atoms with Crippen LogP contribution in [0.25, 0.3) is 0 Å². The molecule has 0 saturated carbocycles. The summed E-state index contributed by atoms with van der Waals surface area (Å²) < 4.78 is 35.9. The maximum absolute atomic E-state index is 13.7. The minimum absolute atomic E-state index is 0.0588. The standard InChI is InChI=1S/C12H16FN3O3S/c1-16(9-4-5-15-7-9)12(17)8-2-3-11(10(13)6-8)20(14,18)19/h2-3,6,9,15H,4-5,7H2,1H3,(H2,14,18,19)/t9-/m1/s1. The van der Waals surface area contributed by atoms with Crippen molar-refractivity contribution in [2.75, 3.05) is 20.1 Å². The van der Waals surface area contributed by atoms with E-state index in [2.05, 4.69) is 5.32 Å². The molecule has 1 heterocycles. The van der Waals surface area contributed by atoms with Crippen molar-refractivity contribution in [3.05, 3.63) is 29.6 Å².